The van der Waals surface area contributed by atoms with Crippen molar-refractivity contribution in [2.75, 3.05) is 11.9 Å². The molecule has 2 aliphatic rings. The maximum absolute atomic E-state index is 10.1. The van der Waals surface area contributed by atoms with Gasteiger partial charge in [-0.25, -0.2) is 0 Å². The Balaban J connectivity index is 1.74. The summed E-state index contributed by atoms with van der Waals surface area (Å²) in [6.07, 6.45) is 9.22. The van der Waals surface area contributed by atoms with Crippen molar-refractivity contribution in [3.05, 3.63) is 48.3 Å². The van der Waals surface area contributed by atoms with Crippen molar-refractivity contribution >= 4 is 5.69 Å². The number of hydrogen-bond donors (Lipinski definition) is 2. The van der Waals surface area contributed by atoms with Crippen molar-refractivity contribution < 1.29 is 5.11 Å². The molecule has 1 aliphatic carbocycles. The number of hydrogen-bond acceptors (Lipinski definition) is 2. The summed E-state index contributed by atoms with van der Waals surface area (Å²) in [5, 5.41) is 13.9. The average Bonchev–Trinajstić information content (AvgIpc) is 3.07. The smallest absolute Gasteiger partial charge is 0.0757 e. The Morgan fingerprint density at radius 1 is 1.09 bits per heavy atom. The van der Waals surface area contributed by atoms with Crippen molar-refractivity contribution in [3.63, 3.8) is 0 Å². The third-order valence-corrected chi connectivity index (χ3v) is 5.87. The molecule has 4 rings (SSSR count). The van der Waals surface area contributed by atoms with E-state index in [1.165, 1.54) is 36.3 Å². The molecule has 122 valence electrons. The van der Waals surface area contributed by atoms with Gasteiger partial charge < -0.3 is 15.0 Å². The Morgan fingerprint density at radius 2 is 1.87 bits per heavy atom. The van der Waals surface area contributed by atoms with Gasteiger partial charge in [0.05, 0.1) is 16.9 Å². The van der Waals surface area contributed by atoms with Gasteiger partial charge in [0.2, 0.25) is 0 Å². The third kappa shape index (κ3) is 2.38. The lowest BCUT2D eigenvalue weighted by molar-refractivity contribution is 0.0540. The number of fused-ring (bicyclic) bond motifs is 3. The number of anilines is 1. The van der Waals surface area contributed by atoms with E-state index in [0.717, 1.165) is 19.3 Å². The topological polar surface area (TPSA) is 37.2 Å². The predicted octanol–water partition coefficient (Wildman–Crippen LogP) is 4.45. The Bertz CT molecular complexity index is 699. The highest BCUT2D eigenvalue weighted by atomic mass is 16.3. The first-order valence-corrected chi connectivity index (χ1v) is 8.82. The largest absolute Gasteiger partial charge is 0.396 e. The van der Waals surface area contributed by atoms with Crippen molar-refractivity contribution in [1.29, 1.82) is 0 Å². The molecule has 1 aromatic heterocycles. The van der Waals surface area contributed by atoms with Crippen LogP contribution in [0.4, 0.5) is 5.69 Å². The van der Waals surface area contributed by atoms with E-state index < -0.39 is 0 Å². The molecule has 23 heavy (non-hydrogen) atoms. The van der Waals surface area contributed by atoms with Crippen molar-refractivity contribution in [2.45, 2.75) is 51.0 Å². The fourth-order valence-corrected chi connectivity index (χ4v) is 4.77. The molecule has 2 heterocycles. The van der Waals surface area contributed by atoms with Gasteiger partial charge in [0.1, 0.15) is 0 Å². The summed E-state index contributed by atoms with van der Waals surface area (Å²) in [6.45, 7) is 2.59. The Kier molecular flexibility index (Phi) is 3.49. The molecule has 1 aliphatic heterocycles. The van der Waals surface area contributed by atoms with Gasteiger partial charge in [-0.3, -0.25) is 0 Å². The van der Waals surface area contributed by atoms with Gasteiger partial charge in [-0.15, -0.1) is 0 Å². The summed E-state index contributed by atoms with van der Waals surface area (Å²) >= 11 is 0. The second-order valence-electron chi connectivity index (χ2n) is 7.63. The molecule has 0 saturated heterocycles. The van der Waals surface area contributed by atoms with Crippen molar-refractivity contribution in [3.8, 4) is 5.69 Å². The van der Waals surface area contributed by atoms with Gasteiger partial charge in [-0.1, -0.05) is 31.4 Å². The number of aliphatic hydroxyl groups is 1. The molecular formula is C20H26N2O. The summed E-state index contributed by atoms with van der Waals surface area (Å²) in [6, 6.07) is 12.8. The van der Waals surface area contributed by atoms with Gasteiger partial charge in [0, 0.05) is 18.5 Å². The van der Waals surface area contributed by atoms with Gasteiger partial charge in [0.15, 0.2) is 0 Å². The number of rotatable bonds is 3. The molecule has 1 aromatic carbocycles. The summed E-state index contributed by atoms with van der Waals surface area (Å²) in [5.41, 5.74) is 3.61. The van der Waals surface area contributed by atoms with Crippen LogP contribution in [-0.4, -0.2) is 16.3 Å². The monoisotopic (exact) mass is 310 g/mol. The minimum Gasteiger partial charge on any atom is -0.396 e. The van der Waals surface area contributed by atoms with Crippen LogP contribution in [0, 0.1) is 5.41 Å². The van der Waals surface area contributed by atoms with Crippen LogP contribution in [0.15, 0.2) is 42.6 Å². The summed E-state index contributed by atoms with van der Waals surface area (Å²) in [7, 11) is 0. The van der Waals surface area contributed by atoms with Crippen LogP contribution in [0.5, 0.6) is 0 Å². The Morgan fingerprint density at radius 3 is 2.65 bits per heavy atom. The van der Waals surface area contributed by atoms with Gasteiger partial charge in [-0.2, -0.15) is 0 Å². The van der Waals surface area contributed by atoms with E-state index in [-0.39, 0.29) is 11.0 Å². The first kappa shape index (κ1) is 14.8. The lowest BCUT2D eigenvalue weighted by atomic mass is 9.67. The lowest BCUT2D eigenvalue weighted by Crippen LogP contribution is -2.44. The molecule has 1 atom stereocenters. The van der Waals surface area contributed by atoms with Crippen LogP contribution in [0.25, 0.3) is 5.69 Å². The molecule has 2 aromatic rings. The summed E-state index contributed by atoms with van der Waals surface area (Å²) < 4.78 is 2.31. The Hall–Kier alpha value is -1.74. The highest BCUT2D eigenvalue weighted by molar-refractivity contribution is 5.66. The Labute approximate surface area is 138 Å². The first-order chi connectivity index (χ1) is 11.2. The van der Waals surface area contributed by atoms with Gasteiger partial charge in [-0.05, 0) is 55.9 Å². The summed E-state index contributed by atoms with van der Waals surface area (Å²) in [4.78, 5) is 0. The molecule has 0 amide bonds. The van der Waals surface area contributed by atoms with E-state index >= 15 is 0 Å². The zero-order chi connectivity index (χ0) is 15.9. The number of aromatic nitrogens is 1. The van der Waals surface area contributed by atoms with E-state index in [1.54, 1.807) is 0 Å². The van der Waals surface area contributed by atoms with Crippen LogP contribution >= 0.6 is 0 Å². The molecule has 3 heteroatoms. The first-order valence-electron chi connectivity index (χ1n) is 8.82. The fourth-order valence-electron chi connectivity index (χ4n) is 4.77. The molecule has 1 unspecified atom stereocenters. The average molecular weight is 310 g/mol. The minimum absolute atomic E-state index is 0.0569. The predicted molar refractivity (Wildman–Crippen MR) is 94.0 cm³/mol. The lowest BCUT2D eigenvalue weighted by Gasteiger charge is -2.46. The number of nitrogens with one attached hydrogen (secondary N) is 1. The molecule has 1 fully saturated rings. The van der Waals surface area contributed by atoms with Crippen LogP contribution in [0.3, 0.4) is 0 Å². The van der Waals surface area contributed by atoms with Crippen LogP contribution in [0.2, 0.25) is 0 Å². The maximum atomic E-state index is 10.1. The minimum atomic E-state index is -0.141. The maximum Gasteiger partial charge on any atom is 0.0757 e. The number of benzene rings is 1. The highest BCUT2D eigenvalue weighted by Gasteiger charge is 2.43. The second-order valence-corrected chi connectivity index (χ2v) is 7.63. The molecule has 3 nitrogen and oxygen atoms in total. The second kappa shape index (κ2) is 5.41. The van der Waals surface area contributed by atoms with E-state index in [4.69, 9.17) is 0 Å². The number of nitrogens with zero attached hydrogens (tertiary/aromatic N) is 1. The molecule has 0 spiro atoms. The standard InChI is InChI=1S/C20H26N2O/c1-19(14-20(15-23)11-5-2-6-12-20)18-10-7-13-22(18)17-9-4-3-8-16(17)21-19/h3-4,7-10,13,21,23H,2,5-6,11-12,14-15H2,1H3. The SMILES string of the molecule is CC1(CC2(CO)CCCCC2)Nc2ccccc2-n2cccc21. The van der Waals surface area contributed by atoms with Crippen LogP contribution in [0.1, 0.15) is 51.1 Å². The normalized spacial score (nSPS) is 25.3. The van der Waals surface area contributed by atoms with E-state index in [0.29, 0.717) is 6.61 Å². The van der Waals surface area contributed by atoms with Crippen molar-refractivity contribution in [1.82, 2.24) is 4.57 Å². The van der Waals surface area contributed by atoms with E-state index in [1.807, 2.05) is 0 Å². The quantitative estimate of drug-likeness (QED) is 0.879. The van der Waals surface area contributed by atoms with Gasteiger partial charge >= 0.3 is 0 Å². The van der Waals surface area contributed by atoms with E-state index in [2.05, 4.69) is 59.4 Å². The highest BCUT2D eigenvalue weighted by Crippen LogP contribution is 2.48. The summed E-state index contributed by atoms with van der Waals surface area (Å²) in [5.74, 6) is 0. The van der Waals surface area contributed by atoms with Crippen LogP contribution < -0.4 is 5.32 Å². The third-order valence-electron chi connectivity index (χ3n) is 5.87. The number of para-hydroxylation sites is 2. The molecule has 2 N–H and O–H groups in total. The van der Waals surface area contributed by atoms with Gasteiger partial charge in [0.25, 0.3) is 0 Å². The van der Waals surface area contributed by atoms with Crippen molar-refractivity contribution in [2.24, 2.45) is 5.41 Å². The van der Waals surface area contributed by atoms with E-state index in [9.17, 15) is 5.11 Å². The molecule has 0 bridgehead atoms. The molecule has 0 radical (unpaired) electrons. The molecule has 1 saturated carbocycles. The number of aliphatic hydroxyl groups excluding tert-OH is 1. The molecular weight excluding hydrogens is 284 g/mol. The zero-order valence-electron chi connectivity index (χ0n) is 13.9. The van der Waals surface area contributed by atoms with Crippen LogP contribution in [-0.2, 0) is 5.54 Å². The zero-order valence-corrected chi connectivity index (χ0v) is 13.9. The fraction of sp³-hybridized carbons (Fsp3) is 0.500.